The third-order valence-electron chi connectivity index (χ3n) is 3.15. The lowest BCUT2D eigenvalue weighted by Crippen LogP contribution is -2.46. The molecule has 2 unspecified atom stereocenters. The van der Waals surface area contributed by atoms with E-state index in [9.17, 15) is 9.59 Å². The van der Waals surface area contributed by atoms with Gasteiger partial charge in [0.25, 0.3) is 0 Å². The van der Waals surface area contributed by atoms with Crippen LogP contribution in [0.4, 0.5) is 0 Å². The van der Waals surface area contributed by atoms with Gasteiger partial charge in [-0.05, 0) is 5.56 Å². The van der Waals surface area contributed by atoms with Crippen molar-refractivity contribution in [1.82, 2.24) is 10.6 Å². The first-order valence-corrected chi connectivity index (χ1v) is 6.61. The summed E-state index contributed by atoms with van der Waals surface area (Å²) in [5.74, 6) is -0.793. The van der Waals surface area contributed by atoms with Crippen molar-refractivity contribution < 1.29 is 14.3 Å². The molecule has 6 nitrogen and oxygen atoms in total. The van der Waals surface area contributed by atoms with Gasteiger partial charge in [0.15, 0.2) is 0 Å². The molecule has 0 spiro atoms. The summed E-state index contributed by atoms with van der Waals surface area (Å²) in [5, 5.41) is 5.86. The Kier molecular flexibility index (Phi) is 5.09. The van der Waals surface area contributed by atoms with Gasteiger partial charge in [0, 0.05) is 19.0 Å². The molecule has 2 rings (SSSR count). The molecule has 2 amide bonds. The molecule has 4 N–H and O–H groups in total. The number of nitrogens with one attached hydrogen (secondary N) is 2. The highest BCUT2D eigenvalue weighted by atomic mass is 16.5. The highest BCUT2D eigenvalue weighted by molar-refractivity contribution is 5.87. The molecule has 6 heteroatoms. The average Bonchev–Trinajstić information content (AvgIpc) is 2.46. The number of benzene rings is 1. The Morgan fingerprint density at radius 1 is 1.40 bits per heavy atom. The molecule has 108 valence electrons. The Hall–Kier alpha value is -1.92. The maximum Gasteiger partial charge on any atom is 0.244 e. The molecule has 1 aliphatic heterocycles. The number of ether oxygens (including phenoxy) is 1. The monoisotopic (exact) mass is 277 g/mol. The van der Waals surface area contributed by atoms with Gasteiger partial charge in [-0.15, -0.1) is 0 Å². The van der Waals surface area contributed by atoms with Crippen LogP contribution in [0.2, 0.25) is 0 Å². The highest BCUT2D eigenvalue weighted by Gasteiger charge is 2.22. The quantitative estimate of drug-likeness (QED) is 0.689. The van der Waals surface area contributed by atoms with E-state index in [1.807, 2.05) is 6.07 Å². The molecule has 1 saturated heterocycles. The van der Waals surface area contributed by atoms with E-state index < -0.39 is 11.9 Å². The van der Waals surface area contributed by atoms with E-state index in [1.165, 1.54) is 0 Å². The van der Waals surface area contributed by atoms with Crippen molar-refractivity contribution >= 4 is 11.8 Å². The van der Waals surface area contributed by atoms with Gasteiger partial charge < -0.3 is 21.1 Å². The Balaban J connectivity index is 1.94. The van der Waals surface area contributed by atoms with E-state index in [4.69, 9.17) is 10.5 Å². The number of morpholine rings is 1. The van der Waals surface area contributed by atoms with Gasteiger partial charge in [-0.1, -0.05) is 30.3 Å². The fourth-order valence-electron chi connectivity index (χ4n) is 2.16. The number of nitrogens with two attached hydrogens (primary N) is 1. The van der Waals surface area contributed by atoms with Gasteiger partial charge in [-0.25, -0.2) is 0 Å². The first kappa shape index (κ1) is 14.5. The average molecular weight is 277 g/mol. The molecule has 0 radical (unpaired) electrons. The highest BCUT2D eigenvalue weighted by Crippen LogP contribution is 2.12. The molecule has 1 fully saturated rings. The summed E-state index contributed by atoms with van der Waals surface area (Å²) < 4.78 is 5.29. The topological polar surface area (TPSA) is 93.5 Å². The number of hydrogen-bond acceptors (Lipinski definition) is 4. The van der Waals surface area contributed by atoms with Crippen molar-refractivity contribution in [1.29, 1.82) is 0 Å². The number of rotatable bonds is 5. The van der Waals surface area contributed by atoms with Crippen LogP contribution in [-0.4, -0.2) is 37.6 Å². The summed E-state index contributed by atoms with van der Waals surface area (Å²) in [7, 11) is 0. The SMILES string of the molecule is NC(=O)C(NC(=O)CC1COCCN1)c1ccccc1. The summed E-state index contributed by atoms with van der Waals surface area (Å²) in [6.07, 6.45) is 0.261. The van der Waals surface area contributed by atoms with Crippen LogP contribution in [0.25, 0.3) is 0 Å². The smallest absolute Gasteiger partial charge is 0.244 e. The Bertz CT molecular complexity index is 458. The third kappa shape index (κ3) is 4.04. The third-order valence-corrected chi connectivity index (χ3v) is 3.15. The van der Waals surface area contributed by atoms with Gasteiger partial charge in [0.05, 0.1) is 13.2 Å². The van der Waals surface area contributed by atoms with E-state index in [-0.39, 0.29) is 18.4 Å². The molecule has 20 heavy (non-hydrogen) atoms. The van der Waals surface area contributed by atoms with Crippen LogP contribution in [-0.2, 0) is 14.3 Å². The maximum absolute atomic E-state index is 12.0. The lowest BCUT2D eigenvalue weighted by Gasteiger charge is -2.24. The van der Waals surface area contributed by atoms with E-state index in [1.54, 1.807) is 24.3 Å². The Morgan fingerprint density at radius 3 is 2.75 bits per heavy atom. The summed E-state index contributed by atoms with van der Waals surface area (Å²) in [4.78, 5) is 23.5. The molecule has 0 bridgehead atoms. The molecular formula is C14H19N3O3. The van der Waals surface area contributed by atoms with Crippen molar-refractivity contribution in [3.05, 3.63) is 35.9 Å². The van der Waals surface area contributed by atoms with Crippen LogP contribution in [0, 0.1) is 0 Å². The van der Waals surface area contributed by atoms with E-state index in [2.05, 4.69) is 10.6 Å². The van der Waals surface area contributed by atoms with Crippen LogP contribution >= 0.6 is 0 Å². The normalized spacial score (nSPS) is 20.1. The minimum absolute atomic E-state index is 0.0203. The van der Waals surface area contributed by atoms with Crippen molar-refractivity contribution in [2.75, 3.05) is 19.8 Å². The zero-order valence-electron chi connectivity index (χ0n) is 11.2. The van der Waals surface area contributed by atoms with Crippen molar-refractivity contribution in [2.24, 2.45) is 5.73 Å². The van der Waals surface area contributed by atoms with Crippen LogP contribution < -0.4 is 16.4 Å². The molecule has 1 aliphatic rings. The molecule has 1 heterocycles. The molecule has 1 aromatic rings. The number of primary amides is 1. The second-order valence-corrected chi connectivity index (χ2v) is 4.74. The molecular weight excluding hydrogens is 258 g/mol. The fourth-order valence-corrected chi connectivity index (χ4v) is 2.16. The lowest BCUT2D eigenvalue weighted by molar-refractivity contribution is -0.128. The Morgan fingerprint density at radius 2 is 2.15 bits per heavy atom. The van der Waals surface area contributed by atoms with Gasteiger partial charge in [0.2, 0.25) is 11.8 Å². The first-order chi connectivity index (χ1) is 9.66. The molecule has 2 atom stereocenters. The fraction of sp³-hybridized carbons (Fsp3) is 0.429. The lowest BCUT2D eigenvalue weighted by atomic mass is 10.1. The number of carbonyl (C=O) groups is 2. The predicted molar refractivity (Wildman–Crippen MR) is 73.7 cm³/mol. The van der Waals surface area contributed by atoms with Crippen LogP contribution in [0.3, 0.4) is 0 Å². The first-order valence-electron chi connectivity index (χ1n) is 6.61. The largest absolute Gasteiger partial charge is 0.378 e. The number of carbonyl (C=O) groups excluding carboxylic acids is 2. The van der Waals surface area contributed by atoms with Crippen LogP contribution in [0.15, 0.2) is 30.3 Å². The standard InChI is InChI=1S/C14H19N3O3/c15-14(19)13(10-4-2-1-3-5-10)17-12(18)8-11-9-20-7-6-16-11/h1-5,11,13,16H,6-9H2,(H2,15,19)(H,17,18). The van der Waals surface area contributed by atoms with E-state index >= 15 is 0 Å². The Labute approximate surface area is 117 Å². The summed E-state index contributed by atoms with van der Waals surface area (Å²) >= 11 is 0. The number of hydrogen-bond donors (Lipinski definition) is 3. The zero-order valence-corrected chi connectivity index (χ0v) is 11.2. The molecule has 0 aromatic heterocycles. The molecule has 0 saturated carbocycles. The van der Waals surface area contributed by atoms with E-state index in [0.717, 1.165) is 6.54 Å². The molecule has 1 aromatic carbocycles. The van der Waals surface area contributed by atoms with Crippen molar-refractivity contribution in [2.45, 2.75) is 18.5 Å². The molecule has 0 aliphatic carbocycles. The minimum atomic E-state index is -0.798. The van der Waals surface area contributed by atoms with Crippen LogP contribution in [0.5, 0.6) is 0 Å². The van der Waals surface area contributed by atoms with Crippen molar-refractivity contribution in [3.63, 3.8) is 0 Å². The number of amides is 2. The van der Waals surface area contributed by atoms with Gasteiger partial charge in [0.1, 0.15) is 6.04 Å². The predicted octanol–water partition coefficient (Wildman–Crippen LogP) is -0.292. The summed E-state index contributed by atoms with van der Waals surface area (Å²) in [6.45, 7) is 1.89. The summed E-state index contributed by atoms with van der Waals surface area (Å²) in [5.41, 5.74) is 6.04. The second kappa shape index (κ2) is 7.02. The van der Waals surface area contributed by atoms with Crippen molar-refractivity contribution in [3.8, 4) is 0 Å². The van der Waals surface area contributed by atoms with Gasteiger partial charge >= 0.3 is 0 Å². The van der Waals surface area contributed by atoms with Gasteiger partial charge in [-0.2, -0.15) is 0 Å². The summed E-state index contributed by atoms with van der Waals surface area (Å²) in [6, 6.07) is 8.14. The van der Waals surface area contributed by atoms with Gasteiger partial charge in [-0.3, -0.25) is 9.59 Å². The maximum atomic E-state index is 12.0. The van der Waals surface area contributed by atoms with Crippen LogP contribution in [0.1, 0.15) is 18.0 Å². The second-order valence-electron chi connectivity index (χ2n) is 4.74. The zero-order chi connectivity index (χ0) is 14.4. The van der Waals surface area contributed by atoms with E-state index in [0.29, 0.717) is 18.8 Å². The minimum Gasteiger partial charge on any atom is -0.378 e.